The molecule has 1 atom stereocenters. The van der Waals surface area contributed by atoms with Gasteiger partial charge in [0.25, 0.3) is 0 Å². The Morgan fingerprint density at radius 3 is 2.52 bits per heavy atom. The van der Waals surface area contributed by atoms with E-state index < -0.39 is 6.10 Å². The topological polar surface area (TPSA) is 61.5 Å². The molecule has 0 saturated carbocycles. The Balaban J connectivity index is 1.66. The first kappa shape index (κ1) is 18.1. The second-order valence-corrected chi connectivity index (χ2v) is 7.46. The summed E-state index contributed by atoms with van der Waals surface area (Å²) < 4.78 is 1.97. The van der Waals surface area contributed by atoms with E-state index in [0.717, 1.165) is 44.7 Å². The molecule has 0 amide bonds. The second kappa shape index (κ2) is 8.13. The van der Waals surface area contributed by atoms with Crippen LogP contribution in [-0.4, -0.2) is 38.0 Å². The van der Waals surface area contributed by atoms with Crippen molar-refractivity contribution < 1.29 is 10.2 Å². The summed E-state index contributed by atoms with van der Waals surface area (Å²) in [6.07, 6.45) is 1.27. The van der Waals surface area contributed by atoms with Gasteiger partial charge < -0.3 is 10.2 Å². The van der Waals surface area contributed by atoms with Gasteiger partial charge in [-0.1, -0.05) is 38.1 Å². The number of aromatic nitrogens is 2. The highest BCUT2D eigenvalue weighted by Crippen LogP contribution is 2.20. The van der Waals surface area contributed by atoms with Gasteiger partial charge in [-0.2, -0.15) is 5.10 Å². The summed E-state index contributed by atoms with van der Waals surface area (Å²) in [7, 11) is 0. The average Bonchev–Trinajstić information content (AvgIpc) is 2.89. The normalized spacial score (nSPS) is 16.7. The van der Waals surface area contributed by atoms with Crippen molar-refractivity contribution in [2.45, 2.75) is 52.4 Å². The first-order chi connectivity index (χ1) is 12.0. The third kappa shape index (κ3) is 4.69. The van der Waals surface area contributed by atoms with Crippen LogP contribution in [0.5, 0.6) is 0 Å². The summed E-state index contributed by atoms with van der Waals surface area (Å²) in [5, 5.41) is 23.4. The molecule has 0 saturated heterocycles. The van der Waals surface area contributed by atoms with Crippen LogP contribution in [0.15, 0.2) is 30.3 Å². The monoisotopic (exact) mass is 343 g/mol. The number of benzene rings is 1. The fourth-order valence-electron chi connectivity index (χ4n) is 3.45. The van der Waals surface area contributed by atoms with E-state index in [2.05, 4.69) is 48.1 Å². The van der Waals surface area contributed by atoms with Crippen molar-refractivity contribution in [3.8, 4) is 0 Å². The molecule has 0 aliphatic carbocycles. The summed E-state index contributed by atoms with van der Waals surface area (Å²) in [4.78, 5) is 2.42. The number of rotatable bonds is 6. The van der Waals surface area contributed by atoms with E-state index >= 15 is 0 Å². The van der Waals surface area contributed by atoms with E-state index in [4.69, 9.17) is 5.11 Å². The summed E-state index contributed by atoms with van der Waals surface area (Å²) in [5.41, 5.74) is 4.40. The fraction of sp³-hybridized carbons (Fsp3) is 0.550. The third-order valence-corrected chi connectivity index (χ3v) is 4.70. The first-order valence-electron chi connectivity index (χ1n) is 9.21. The van der Waals surface area contributed by atoms with Gasteiger partial charge in [-0.15, -0.1) is 0 Å². The van der Waals surface area contributed by atoms with E-state index in [-0.39, 0.29) is 6.61 Å². The van der Waals surface area contributed by atoms with E-state index in [1.807, 2.05) is 10.7 Å². The molecule has 1 aromatic heterocycles. The SMILES string of the molecule is CC(C)Cc1ccc(CN2CCCn3nc(C(O)CO)cc3C2)cc1. The van der Waals surface area contributed by atoms with Crippen molar-refractivity contribution in [2.24, 2.45) is 5.92 Å². The quantitative estimate of drug-likeness (QED) is 0.846. The van der Waals surface area contributed by atoms with Gasteiger partial charge in [-0.3, -0.25) is 9.58 Å². The highest BCUT2D eigenvalue weighted by molar-refractivity contribution is 5.23. The van der Waals surface area contributed by atoms with Crippen LogP contribution < -0.4 is 0 Å². The Morgan fingerprint density at radius 2 is 1.84 bits per heavy atom. The van der Waals surface area contributed by atoms with Gasteiger partial charge in [0.1, 0.15) is 6.10 Å². The Kier molecular flexibility index (Phi) is 5.89. The molecular weight excluding hydrogens is 314 g/mol. The maximum absolute atomic E-state index is 9.80. The zero-order valence-electron chi connectivity index (χ0n) is 15.2. The highest BCUT2D eigenvalue weighted by atomic mass is 16.3. The van der Waals surface area contributed by atoms with E-state index in [0.29, 0.717) is 11.6 Å². The van der Waals surface area contributed by atoms with Gasteiger partial charge in [0.05, 0.1) is 18.0 Å². The predicted octanol–water partition coefficient (Wildman–Crippen LogP) is 2.51. The van der Waals surface area contributed by atoms with Gasteiger partial charge in [-0.05, 0) is 36.0 Å². The van der Waals surface area contributed by atoms with Crippen molar-refractivity contribution in [1.82, 2.24) is 14.7 Å². The van der Waals surface area contributed by atoms with E-state index in [9.17, 15) is 5.11 Å². The van der Waals surface area contributed by atoms with Crippen LogP contribution >= 0.6 is 0 Å². The molecule has 3 rings (SSSR count). The van der Waals surface area contributed by atoms with Crippen molar-refractivity contribution >= 4 is 0 Å². The lowest BCUT2D eigenvalue weighted by Gasteiger charge is -2.19. The molecule has 5 nitrogen and oxygen atoms in total. The summed E-state index contributed by atoms with van der Waals surface area (Å²) in [6.45, 7) is 7.84. The predicted molar refractivity (Wildman–Crippen MR) is 98.0 cm³/mol. The first-order valence-corrected chi connectivity index (χ1v) is 9.21. The summed E-state index contributed by atoms with van der Waals surface area (Å²) in [6, 6.07) is 10.9. The molecule has 1 unspecified atom stereocenters. The van der Waals surface area contributed by atoms with Gasteiger partial charge in [0.15, 0.2) is 0 Å². The molecule has 5 heteroatoms. The van der Waals surface area contributed by atoms with Crippen LogP contribution in [-0.2, 0) is 26.1 Å². The molecular formula is C20H29N3O2. The Morgan fingerprint density at radius 1 is 1.12 bits per heavy atom. The van der Waals surface area contributed by atoms with Gasteiger partial charge >= 0.3 is 0 Å². The zero-order valence-corrected chi connectivity index (χ0v) is 15.2. The molecule has 1 aliphatic rings. The molecule has 2 N–H and O–H groups in total. The van der Waals surface area contributed by atoms with Crippen molar-refractivity contribution in [2.75, 3.05) is 13.2 Å². The molecule has 0 radical (unpaired) electrons. The molecule has 1 aliphatic heterocycles. The number of fused-ring (bicyclic) bond motifs is 1. The maximum atomic E-state index is 9.80. The Labute approximate surface area is 149 Å². The van der Waals surface area contributed by atoms with Crippen molar-refractivity contribution in [3.05, 3.63) is 52.8 Å². The van der Waals surface area contributed by atoms with Crippen LogP contribution in [0, 0.1) is 5.92 Å². The molecule has 25 heavy (non-hydrogen) atoms. The standard InChI is InChI=1S/C20H29N3O2/c1-15(2)10-16-4-6-17(7-5-16)12-22-8-3-9-23-18(13-22)11-19(21-23)20(25)14-24/h4-7,11,15,20,24-25H,3,8-10,12-14H2,1-2H3. The van der Waals surface area contributed by atoms with Crippen molar-refractivity contribution in [3.63, 3.8) is 0 Å². The minimum absolute atomic E-state index is 0.289. The number of hydrogen-bond acceptors (Lipinski definition) is 4. The van der Waals surface area contributed by atoms with Gasteiger partial charge in [0.2, 0.25) is 0 Å². The molecule has 136 valence electrons. The van der Waals surface area contributed by atoms with Gasteiger partial charge in [-0.25, -0.2) is 0 Å². The molecule has 2 heterocycles. The number of aryl methyl sites for hydroxylation is 1. The summed E-state index contributed by atoms with van der Waals surface area (Å²) >= 11 is 0. The average molecular weight is 343 g/mol. The molecule has 0 spiro atoms. The number of nitrogens with zero attached hydrogens (tertiary/aromatic N) is 3. The number of aliphatic hydroxyl groups is 2. The lowest BCUT2D eigenvalue weighted by atomic mass is 10.0. The van der Waals surface area contributed by atoms with Crippen LogP contribution in [0.3, 0.4) is 0 Å². The van der Waals surface area contributed by atoms with Crippen LogP contribution in [0.25, 0.3) is 0 Å². The number of aliphatic hydroxyl groups excluding tert-OH is 2. The third-order valence-electron chi connectivity index (χ3n) is 4.70. The van der Waals surface area contributed by atoms with E-state index in [1.165, 1.54) is 11.1 Å². The second-order valence-electron chi connectivity index (χ2n) is 7.46. The molecule has 0 bridgehead atoms. The Hall–Kier alpha value is -1.69. The van der Waals surface area contributed by atoms with E-state index in [1.54, 1.807) is 0 Å². The smallest absolute Gasteiger partial charge is 0.121 e. The van der Waals surface area contributed by atoms with Crippen molar-refractivity contribution in [1.29, 1.82) is 0 Å². The lowest BCUT2D eigenvalue weighted by molar-refractivity contribution is 0.0916. The summed E-state index contributed by atoms with van der Waals surface area (Å²) in [5.74, 6) is 0.681. The maximum Gasteiger partial charge on any atom is 0.121 e. The van der Waals surface area contributed by atoms with Crippen LogP contribution in [0.4, 0.5) is 0 Å². The van der Waals surface area contributed by atoms with Crippen LogP contribution in [0.2, 0.25) is 0 Å². The molecule has 2 aromatic rings. The number of hydrogen-bond donors (Lipinski definition) is 2. The molecule has 1 aromatic carbocycles. The molecule has 0 fully saturated rings. The highest BCUT2D eigenvalue weighted by Gasteiger charge is 2.19. The fourth-order valence-corrected chi connectivity index (χ4v) is 3.45. The Bertz CT molecular complexity index is 679. The van der Waals surface area contributed by atoms with Crippen LogP contribution in [0.1, 0.15) is 48.9 Å². The zero-order chi connectivity index (χ0) is 17.8. The largest absolute Gasteiger partial charge is 0.393 e. The van der Waals surface area contributed by atoms with Gasteiger partial charge in [0, 0.05) is 26.2 Å². The lowest BCUT2D eigenvalue weighted by Crippen LogP contribution is -2.22. The minimum atomic E-state index is -0.888. The minimum Gasteiger partial charge on any atom is -0.393 e.